The number of alkyl halides is 14. The Kier molecular flexibility index (Phi) is 4.56. The maximum absolute atomic E-state index is 13.1. The largest absolute Gasteiger partial charge is 0.458 e. The molecule has 0 spiro atoms. The van der Waals surface area contributed by atoms with Gasteiger partial charge in [-0.25, -0.2) is 4.39 Å². The van der Waals surface area contributed by atoms with E-state index in [1.165, 1.54) is 0 Å². The van der Waals surface area contributed by atoms with E-state index in [0.717, 1.165) is 0 Å². The summed E-state index contributed by atoms with van der Waals surface area (Å²) in [5.41, 5.74) is 0. The van der Waals surface area contributed by atoms with Gasteiger partial charge in [0.1, 0.15) is 0 Å². The van der Waals surface area contributed by atoms with Gasteiger partial charge < -0.3 is 0 Å². The summed E-state index contributed by atoms with van der Waals surface area (Å²) in [6, 6.07) is 0. The first-order valence-corrected chi connectivity index (χ1v) is 4.65. The number of hydrogen-bond acceptors (Lipinski definition) is 0. The molecular weight excluding hydrogens is 371 g/mol. The Morgan fingerprint density at radius 3 is 0.850 bits per heavy atom. The zero-order valence-electron chi connectivity index (χ0n) is 8.29. The Labute approximate surface area is 111 Å². The van der Waals surface area contributed by atoms with E-state index in [9.17, 15) is 52.7 Å². The van der Waals surface area contributed by atoms with Crippen molar-refractivity contribution < 1.29 is 52.7 Å². The van der Waals surface area contributed by atoms with Gasteiger partial charge in [0, 0.05) is 0 Å². The van der Waals surface area contributed by atoms with Gasteiger partial charge >= 0.3 is 24.5 Å². The molecule has 0 heterocycles. The van der Waals surface area contributed by atoms with E-state index >= 15 is 0 Å². The molecule has 1 unspecified atom stereocenters. The van der Waals surface area contributed by atoms with Crippen molar-refractivity contribution in [2.75, 3.05) is 0 Å². The van der Waals surface area contributed by atoms with Crippen LogP contribution in [0, 0.1) is 0 Å². The van der Waals surface area contributed by atoms with Crippen molar-refractivity contribution in [2.24, 2.45) is 0 Å². The molecule has 0 nitrogen and oxygen atoms in total. The molecule has 14 heteroatoms. The lowest BCUT2D eigenvalue weighted by Crippen LogP contribution is -2.71. The molecule has 0 aliphatic carbocycles. The predicted molar refractivity (Wildman–Crippen MR) is 41.4 cm³/mol. The van der Waals surface area contributed by atoms with E-state index in [1.54, 1.807) is 0 Å². The third-order valence-electron chi connectivity index (χ3n) is 1.96. The highest BCUT2D eigenvalue weighted by Crippen LogP contribution is 2.64. The zero-order valence-corrected chi connectivity index (χ0v) is 9.80. The van der Waals surface area contributed by atoms with E-state index in [1.807, 2.05) is 0 Å². The van der Waals surface area contributed by atoms with Gasteiger partial charge in [0.05, 0.1) is 0 Å². The van der Waals surface area contributed by atoms with Crippen LogP contribution < -0.4 is 0 Å². The summed E-state index contributed by atoms with van der Waals surface area (Å²) in [6.07, 6.45) is -21.4. The highest BCUT2D eigenvalue weighted by molar-refractivity contribution is 6.35. The van der Waals surface area contributed by atoms with Gasteiger partial charge in [-0.05, 0) is 0 Å². The Balaban J connectivity index is 6.38. The topological polar surface area (TPSA) is 0 Å². The van der Waals surface area contributed by atoms with Gasteiger partial charge in [-0.2, -0.15) is 48.3 Å². The van der Waals surface area contributed by atoms with Gasteiger partial charge in [-0.15, -0.1) is 0 Å². The average Bonchev–Trinajstić information content (AvgIpc) is 2.10. The van der Waals surface area contributed by atoms with Gasteiger partial charge in [0.2, 0.25) is 0 Å². The van der Waals surface area contributed by atoms with Crippen molar-refractivity contribution in [3.05, 3.63) is 0 Å². The van der Waals surface area contributed by atoms with Crippen LogP contribution in [-0.4, -0.2) is 34.5 Å². The minimum absolute atomic E-state index is 3.68. The van der Waals surface area contributed by atoms with Crippen molar-refractivity contribution in [3.63, 3.8) is 0 Å². The highest BCUT2D eigenvalue weighted by atomic mass is 35.5. The lowest BCUT2D eigenvalue weighted by atomic mass is 9.94. The molecule has 0 rings (SSSR count). The molecule has 0 N–H and O–H groups in total. The van der Waals surface area contributed by atoms with Crippen LogP contribution in [-0.2, 0) is 0 Å². The average molecular weight is 371 g/mol. The fourth-order valence-electron chi connectivity index (χ4n) is 0.911. The lowest BCUT2D eigenvalue weighted by Gasteiger charge is -2.42. The summed E-state index contributed by atoms with van der Waals surface area (Å²) in [6.45, 7) is 0. The van der Waals surface area contributed by atoms with Crippen LogP contribution >= 0.6 is 23.2 Å². The maximum Gasteiger partial charge on any atom is 0.458 e. The van der Waals surface area contributed by atoms with Gasteiger partial charge in [0.15, 0.2) is 0 Å². The van der Waals surface area contributed by atoms with Crippen LogP contribution in [0.2, 0.25) is 0 Å². The molecule has 0 fully saturated rings. The van der Waals surface area contributed by atoms with E-state index in [2.05, 4.69) is 23.2 Å². The second kappa shape index (κ2) is 4.62. The zero-order chi connectivity index (χ0) is 17.0. The molecule has 0 bridgehead atoms. The third kappa shape index (κ3) is 2.48. The van der Waals surface area contributed by atoms with Crippen molar-refractivity contribution in [2.45, 2.75) is 34.5 Å². The van der Waals surface area contributed by atoms with E-state index in [-0.39, 0.29) is 0 Å². The first-order valence-electron chi connectivity index (χ1n) is 3.90. The molecule has 1 atom stereocenters. The summed E-state index contributed by atoms with van der Waals surface area (Å²) in [5, 5.41) is -6.77. The molecule has 0 saturated carbocycles. The van der Waals surface area contributed by atoms with Crippen LogP contribution in [0.4, 0.5) is 52.7 Å². The van der Waals surface area contributed by atoms with E-state index in [0.29, 0.717) is 0 Å². The van der Waals surface area contributed by atoms with Crippen LogP contribution in [0.5, 0.6) is 0 Å². The first kappa shape index (κ1) is 19.7. The summed E-state index contributed by atoms with van der Waals surface area (Å²) >= 11 is 7.42. The van der Waals surface area contributed by atoms with Crippen LogP contribution in [0.15, 0.2) is 0 Å². The molecule has 0 aromatic rings. The number of hydrogen-bond donors (Lipinski definition) is 0. The normalized spacial score (nSPS) is 18.9. The quantitative estimate of drug-likeness (QED) is 0.463. The van der Waals surface area contributed by atoms with Crippen LogP contribution in [0.1, 0.15) is 0 Å². The molecule has 122 valence electrons. The highest BCUT2D eigenvalue weighted by Gasteiger charge is 2.90. The van der Waals surface area contributed by atoms with Gasteiger partial charge in [-0.3, -0.25) is 0 Å². The van der Waals surface area contributed by atoms with Gasteiger partial charge in [-0.1, -0.05) is 23.2 Å². The van der Waals surface area contributed by atoms with Crippen molar-refractivity contribution in [1.29, 1.82) is 0 Å². The summed E-state index contributed by atoms with van der Waals surface area (Å²) < 4.78 is 146. The Bertz CT molecular complexity index is 346. The second-order valence-corrected chi connectivity index (χ2v) is 4.39. The lowest BCUT2D eigenvalue weighted by molar-refractivity contribution is -0.360. The van der Waals surface area contributed by atoms with Crippen molar-refractivity contribution in [1.82, 2.24) is 0 Å². The molecule has 0 aromatic carbocycles. The molecule has 0 amide bonds. The second-order valence-electron chi connectivity index (χ2n) is 3.30. The molecule has 0 radical (unpaired) electrons. The third-order valence-corrected chi connectivity index (χ3v) is 3.27. The Morgan fingerprint density at radius 2 is 0.700 bits per heavy atom. The fourth-order valence-corrected chi connectivity index (χ4v) is 1.35. The monoisotopic (exact) mass is 370 g/mol. The summed E-state index contributed by atoms with van der Waals surface area (Å²) in [5.74, 6) is -7.24. The molecule has 0 aliphatic heterocycles. The molecule has 0 aliphatic rings. The van der Waals surface area contributed by atoms with Crippen LogP contribution in [0.25, 0.3) is 0 Å². The summed E-state index contributed by atoms with van der Waals surface area (Å²) in [7, 11) is 0. The summed E-state index contributed by atoms with van der Waals surface area (Å²) in [4.78, 5) is -6.69. The maximum atomic E-state index is 13.1. The molecule has 0 saturated heterocycles. The van der Waals surface area contributed by atoms with E-state index in [4.69, 9.17) is 0 Å². The minimum Gasteiger partial charge on any atom is -0.216 e. The van der Waals surface area contributed by atoms with Gasteiger partial charge in [0.25, 0.3) is 10.0 Å². The first-order chi connectivity index (χ1) is 8.25. The standard InChI is InChI=1S/C6Cl2F12/c7-1(4(12,13)14,5(15,16)17)2(8,9)3(10,11)6(18,19)20. The SMILES string of the molecule is FC(F)(F)C(F)(F)C(F)(Cl)C(Cl)(C(F)(F)F)C(F)(F)F. The number of rotatable bonds is 2. The minimum atomic E-state index is -7.24. The van der Waals surface area contributed by atoms with Crippen LogP contribution in [0.3, 0.4) is 0 Å². The molecule has 20 heavy (non-hydrogen) atoms. The van der Waals surface area contributed by atoms with E-state index < -0.39 is 34.5 Å². The number of halogens is 14. The van der Waals surface area contributed by atoms with Crippen molar-refractivity contribution >= 4 is 23.2 Å². The predicted octanol–water partition coefficient (Wildman–Crippen LogP) is 5.19. The smallest absolute Gasteiger partial charge is 0.216 e. The van der Waals surface area contributed by atoms with Crippen molar-refractivity contribution in [3.8, 4) is 0 Å². The molecule has 0 aromatic heterocycles. The Hall–Kier alpha value is -0.260. The fraction of sp³-hybridized carbons (Fsp3) is 1.00. The Morgan fingerprint density at radius 1 is 0.450 bits per heavy atom. The molecular formula is C6Cl2F12.